The maximum absolute atomic E-state index is 4.75. The first-order valence-electron chi connectivity index (χ1n) is 8.86. The third-order valence-electron chi connectivity index (χ3n) is 4.90. The van der Waals surface area contributed by atoms with Gasteiger partial charge in [-0.3, -0.25) is 0 Å². The second-order valence-corrected chi connectivity index (χ2v) is 6.66. The Kier molecular flexibility index (Phi) is 4.57. The number of hydrogen-bond acceptors (Lipinski definition) is 5. The summed E-state index contributed by atoms with van der Waals surface area (Å²) in [6.07, 6.45) is 9.25. The van der Waals surface area contributed by atoms with Crippen LogP contribution in [0.15, 0.2) is 54.9 Å². The molecule has 1 fully saturated rings. The van der Waals surface area contributed by atoms with E-state index in [2.05, 4.69) is 69.3 Å². The van der Waals surface area contributed by atoms with Crippen molar-refractivity contribution in [1.82, 2.24) is 19.9 Å². The zero-order valence-corrected chi connectivity index (χ0v) is 14.5. The van der Waals surface area contributed by atoms with Crippen LogP contribution in [-0.4, -0.2) is 53.1 Å². The quantitative estimate of drug-likeness (QED) is 0.864. The monoisotopic (exact) mass is 333 g/mol. The van der Waals surface area contributed by atoms with Gasteiger partial charge in [0.2, 0.25) is 5.95 Å². The van der Waals surface area contributed by atoms with Gasteiger partial charge in [-0.25, -0.2) is 9.97 Å². The van der Waals surface area contributed by atoms with Crippen LogP contribution < -0.4 is 4.90 Å². The topological polar surface area (TPSA) is 45.2 Å². The molecular weight excluding hydrogens is 310 g/mol. The summed E-state index contributed by atoms with van der Waals surface area (Å²) in [5, 5.41) is 0. The molecule has 1 aromatic carbocycles. The SMILES string of the molecule is CN1CCN(c2ncnc(C3C=CC(c4ccccc4)=CC3)n2)CC1. The van der Waals surface area contributed by atoms with Crippen LogP contribution in [0.5, 0.6) is 0 Å². The first-order valence-corrected chi connectivity index (χ1v) is 8.86. The van der Waals surface area contributed by atoms with Gasteiger partial charge in [-0.2, -0.15) is 4.98 Å². The molecule has 25 heavy (non-hydrogen) atoms. The molecule has 1 aromatic heterocycles. The third-order valence-corrected chi connectivity index (χ3v) is 4.90. The van der Waals surface area contributed by atoms with Crippen LogP contribution in [0.3, 0.4) is 0 Å². The van der Waals surface area contributed by atoms with E-state index in [4.69, 9.17) is 4.98 Å². The third kappa shape index (κ3) is 3.61. The second-order valence-electron chi connectivity index (χ2n) is 6.66. The molecular formula is C20H23N5. The van der Waals surface area contributed by atoms with E-state index in [1.807, 2.05) is 6.07 Å². The fourth-order valence-corrected chi connectivity index (χ4v) is 3.29. The zero-order valence-electron chi connectivity index (χ0n) is 14.5. The largest absolute Gasteiger partial charge is 0.338 e. The van der Waals surface area contributed by atoms with Crippen LogP contribution in [0, 0.1) is 0 Å². The van der Waals surface area contributed by atoms with Crippen molar-refractivity contribution in [1.29, 1.82) is 0 Å². The fraction of sp³-hybridized carbons (Fsp3) is 0.350. The molecule has 0 saturated carbocycles. The Morgan fingerprint density at radius 1 is 1.00 bits per heavy atom. The second kappa shape index (κ2) is 7.15. The lowest BCUT2D eigenvalue weighted by Gasteiger charge is -2.32. The van der Waals surface area contributed by atoms with Crippen molar-refractivity contribution in [3.05, 3.63) is 66.3 Å². The molecule has 0 N–H and O–H groups in total. The normalized spacial score (nSPS) is 21.2. The van der Waals surface area contributed by atoms with Crippen molar-refractivity contribution in [3.8, 4) is 0 Å². The van der Waals surface area contributed by atoms with Crippen LogP contribution in [-0.2, 0) is 0 Å². The number of allylic oxidation sites excluding steroid dienone is 4. The molecule has 1 atom stereocenters. The van der Waals surface area contributed by atoms with E-state index in [9.17, 15) is 0 Å². The van der Waals surface area contributed by atoms with Gasteiger partial charge in [-0.1, -0.05) is 48.6 Å². The highest BCUT2D eigenvalue weighted by atomic mass is 15.3. The molecule has 4 rings (SSSR count). The van der Waals surface area contributed by atoms with Gasteiger partial charge in [0, 0.05) is 32.1 Å². The molecule has 0 radical (unpaired) electrons. The van der Waals surface area contributed by atoms with Crippen molar-refractivity contribution >= 4 is 11.5 Å². The molecule has 0 amide bonds. The number of aromatic nitrogens is 3. The zero-order chi connectivity index (χ0) is 17.1. The van der Waals surface area contributed by atoms with Crippen molar-refractivity contribution in [3.63, 3.8) is 0 Å². The van der Waals surface area contributed by atoms with E-state index in [0.717, 1.165) is 44.4 Å². The standard InChI is InChI=1S/C20H23N5/c1-24-11-13-25(14-12-24)20-22-15-21-19(23-20)18-9-7-17(8-10-18)16-5-3-2-4-6-16/h2-9,15,18H,10-14H2,1H3. The van der Waals surface area contributed by atoms with Crippen molar-refractivity contribution < 1.29 is 0 Å². The lowest BCUT2D eigenvalue weighted by Crippen LogP contribution is -2.45. The minimum absolute atomic E-state index is 0.224. The molecule has 128 valence electrons. The van der Waals surface area contributed by atoms with Gasteiger partial charge in [0.1, 0.15) is 12.2 Å². The average Bonchev–Trinajstić information content (AvgIpc) is 2.69. The summed E-state index contributed by atoms with van der Waals surface area (Å²) < 4.78 is 0. The Labute approximate surface area is 148 Å². The first kappa shape index (κ1) is 16.0. The van der Waals surface area contributed by atoms with Crippen molar-refractivity contribution in [2.24, 2.45) is 0 Å². The van der Waals surface area contributed by atoms with Gasteiger partial charge in [0.05, 0.1) is 0 Å². The predicted octanol–water partition coefficient (Wildman–Crippen LogP) is 2.75. The van der Waals surface area contributed by atoms with E-state index in [0.29, 0.717) is 0 Å². The Morgan fingerprint density at radius 2 is 1.80 bits per heavy atom. The van der Waals surface area contributed by atoms with E-state index in [1.54, 1.807) is 6.33 Å². The Balaban J connectivity index is 1.48. The minimum atomic E-state index is 0.224. The van der Waals surface area contributed by atoms with Gasteiger partial charge >= 0.3 is 0 Å². The van der Waals surface area contributed by atoms with Crippen LogP contribution in [0.2, 0.25) is 0 Å². The highest BCUT2D eigenvalue weighted by Gasteiger charge is 2.20. The molecule has 2 aliphatic rings. The summed E-state index contributed by atoms with van der Waals surface area (Å²) in [6.45, 7) is 4.04. The fourth-order valence-electron chi connectivity index (χ4n) is 3.29. The maximum atomic E-state index is 4.75. The van der Waals surface area contributed by atoms with E-state index >= 15 is 0 Å². The molecule has 0 bridgehead atoms. The Morgan fingerprint density at radius 3 is 2.52 bits per heavy atom. The van der Waals surface area contributed by atoms with E-state index < -0.39 is 0 Å². The van der Waals surface area contributed by atoms with Crippen LogP contribution >= 0.6 is 0 Å². The number of rotatable bonds is 3. The summed E-state index contributed by atoms with van der Waals surface area (Å²) in [5.41, 5.74) is 2.52. The molecule has 1 aliphatic carbocycles. The minimum Gasteiger partial charge on any atom is -0.338 e. The summed E-state index contributed by atoms with van der Waals surface area (Å²) in [4.78, 5) is 18.2. The molecule has 1 aliphatic heterocycles. The summed E-state index contributed by atoms with van der Waals surface area (Å²) in [6, 6.07) is 10.5. The molecule has 1 saturated heterocycles. The highest BCUT2D eigenvalue weighted by molar-refractivity contribution is 5.75. The molecule has 5 heteroatoms. The highest BCUT2D eigenvalue weighted by Crippen LogP contribution is 2.29. The van der Waals surface area contributed by atoms with Gasteiger partial charge in [-0.15, -0.1) is 0 Å². The number of piperazine rings is 1. The van der Waals surface area contributed by atoms with Crippen molar-refractivity contribution in [2.45, 2.75) is 12.3 Å². The van der Waals surface area contributed by atoms with Gasteiger partial charge in [0.15, 0.2) is 0 Å². The van der Waals surface area contributed by atoms with Gasteiger partial charge in [-0.05, 0) is 24.6 Å². The number of likely N-dealkylation sites (N-methyl/N-ethyl adjacent to an activating group) is 1. The van der Waals surface area contributed by atoms with Crippen molar-refractivity contribution in [2.75, 3.05) is 38.1 Å². The number of benzene rings is 1. The lowest BCUT2D eigenvalue weighted by atomic mass is 9.92. The van der Waals surface area contributed by atoms with Gasteiger partial charge < -0.3 is 9.80 Å². The molecule has 2 heterocycles. The number of anilines is 1. The first-order chi connectivity index (χ1) is 12.3. The Hall–Kier alpha value is -2.53. The summed E-state index contributed by atoms with van der Waals surface area (Å²) in [7, 11) is 2.15. The number of hydrogen-bond donors (Lipinski definition) is 0. The molecule has 2 aromatic rings. The Bertz CT molecular complexity index is 776. The molecule has 0 spiro atoms. The summed E-state index contributed by atoms with van der Waals surface area (Å²) in [5.74, 6) is 1.90. The van der Waals surface area contributed by atoms with Crippen LogP contribution in [0.25, 0.3) is 5.57 Å². The number of nitrogens with zero attached hydrogens (tertiary/aromatic N) is 5. The smallest absolute Gasteiger partial charge is 0.228 e. The predicted molar refractivity (Wildman–Crippen MR) is 100 cm³/mol. The van der Waals surface area contributed by atoms with E-state index in [-0.39, 0.29) is 5.92 Å². The summed E-state index contributed by atoms with van der Waals surface area (Å²) >= 11 is 0. The van der Waals surface area contributed by atoms with E-state index in [1.165, 1.54) is 11.1 Å². The van der Waals surface area contributed by atoms with Crippen LogP contribution in [0.1, 0.15) is 23.7 Å². The lowest BCUT2D eigenvalue weighted by molar-refractivity contribution is 0.311. The molecule has 1 unspecified atom stereocenters. The average molecular weight is 333 g/mol. The molecule has 5 nitrogen and oxygen atoms in total. The maximum Gasteiger partial charge on any atom is 0.228 e. The van der Waals surface area contributed by atoms with Gasteiger partial charge in [0.25, 0.3) is 0 Å². The van der Waals surface area contributed by atoms with Crippen LogP contribution in [0.4, 0.5) is 5.95 Å².